The molecule has 0 saturated heterocycles. The Balaban J connectivity index is 2.19. The van der Waals surface area contributed by atoms with Crippen molar-refractivity contribution in [3.05, 3.63) is 45.9 Å². The third kappa shape index (κ3) is 4.58. The molecule has 0 aliphatic carbocycles. The molecular formula is C17H22N4O3. The van der Waals surface area contributed by atoms with Gasteiger partial charge in [-0.3, -0.25) is 9.78 Å². The number of rotatable bonds is 8. The topological polar surface area (TPSA) is 88.6 Å². The highest BCUT2D eigenvalue weighted by Crippen LogP contribution is 2.29. The second-order valence-electron chi connectivity index (χ2n) is 5.02. The van der Waals surface area contributed by atoms with Crippen molar-refractivity contribution in [3.63, 3.8) is 0 Å². The molecule has 0 amide bonds. The number of hydrazone groups is 1. The molecule has 0 saturated carbocycles. The highest BCUT2D eigenvalue weighted by atomic mass is 16.5. The summed E-state index contributed by atoms with van der Waals surface area (Å²) in [4.78, 5) is 18.5. The fraction of sp³-hybridized carbons (Fsp3) is 0.353. The molecule has 1 heterocycles. The molecule has 7 nitrogen and oxygen atoms in total. The largest absolute Gasteiger partial charge is 0.493 e. The first kappa shape index (κ1) is 17.5. The molecule has 128 valence electrons. The molecule has 24 heavy (non-hydrogen) atoms. The van der Waals surface area contributed by atoms with Gasteiger partial charge in [0, 0.05) is 17.3 Å². The Morgan fingerprint density at radius 1 is 1.38 bits per heavy atom. The number of benzene rings is 1. The van der Waals surface area contributed by atoms with Crippen molar-refractivity contribution < 1.29 is 9.47 Å². The van der Waals surface area contributed by atoms with E-state index < -0.39 is 0 Å². The zero-order chi connectivity index (χ0) is 17.4. The van der Waals surface area contributed by atoms with Gasteiger partial charge in [0.1, 0.15) is 0 Å². The summed E-state index contributed by atoms with van der Waals surface area (Å²) in [5.41, 5.74) is 4.03. The fourth-order valence-corrected chi connectivity index (χ4v) is 2.20. The summed E-state index contributed by atoms with van der Waals surface area (Å²) in [5.74, 6) is 1.56. The number of anilines is 1. The first-order valence-corrected chi connectivity index (χ1v) is 7.87. The van der Waals surface area contributed by atoms with Gasteiger partial charge in [0.25, 0.3) is 5.56 Å². The predicted octanol–water partition coefficient (Wildman–Crippen LogP) is 2.58. The van der Waals surface area contributed by atoms with Crippen molar-refractivity contribution in [2.45, 2.75) is 26.7 Å². The molecule has 2 aromatic rings. The number of para-hydroxylation sites is 1. The molecule has 0 spiro atoms. The number of aromatic amines is 1. The Morgan fingerprint density at radius 3 is 2.92 bits per heavy atom. The van der Waals surface area contributed by atoms with Crippen LogP contribution in [0.4, 0.5) is 5.95 Å². The van der Waals surface area contributed by atoms with Crippen LogP contribution >= 0.6 is 0 Å². The molecule has 1 aromatic carbocycles. The third-order valence-corrected chi connectivity index (χ3v) is 3.19. The van der Waals surface area contributed by atoms with E-state index in [2.05, 4.69) is 20.5 Å². The van der Waals surface area contributed by atoms with Gasteiger partial charge in [-0.25, -0.2) is 10.4 Å². The van der Waals surface area contributed by atoms with E-state index in [1.165, 1.54) is 6.07 Å². The van der Waals surface area contributed by atoms with Crippen LogP contribution in [0.15, 0.2) is 34.2 Å². The van der Waals surface area contributed by atoms with Crippen molar-refractivity contribution in [2.75, 3.05) is 19.1 Å². The summed E-state index contributed by atoms with van der Waals surface area (Å²) in [6, 6.07) is 7.03. The van der Waals surface area contributed by atoms with Crippen LogP contribution in [-0.4, -0.2) is 29.9 Å². The van der Waals surface area contributed by atoms with Crippen LogP contribution in [0.2, 0.25) is 0 Å². The van der Waals surface area contributed by atoms with Gasteiger partial charge >= 0.3 is 0 Å². The Morgan fingerprint density at radius 2 is 2.21 bits per heavy atom. The molecule has 0 aliphatic heterocycles. The second kappa shape index (κ2) is 8.71. The summed E-state index contributed by atoms with van der Waals surface area (Å²) < 4.78 is 10.9. The average molecular weight is 330 g/mol. The van der Waals surface area contributed by atoms with Crippen LogP contribution in [0.5, 0.6) is 11.5 Å². The van der Waals surface area contributed by atoms with E-state index in [1.54, 1.807) is 13.3 Å². The van der Waals surface area contributed by atoms with E-state index in [-0.39, 0.29) is 5.56 Å². The lowest BCUT2D eigenvalue weighted by atomic mass is 10.2. The van der Waals surface area contributed by atoms with Gasteiger partial charge in [0.2, 0.25) is 5.95 Å². The van der Waals surface area contributed by atoms with Gasteiger partial charge in [0.05, 0.1) is 19.9 Å². The lowest BCUT2D eigenvalue weighted by Gasteiger charge is -2.11. The van der Waals surface area contributed by atoms with Crippen LogP contribution in [0.3, 0.4) is 0 Å². The number of ether oxygens (including phenoxy) is 2. The van der Waals surface area contributed by atoms with Crippen LogP contribution in [0.1, 0.15) is 31.5 Å². The lowest BCUT2D eigenvalue weighted by Crippen LogP contribution is -2.12. The molecule has 0 bridgehead atoms. The number of aromatic nitrogens is 2. The minimum Gasteiger partial charge on any atom is -0.493 e. The zero-order valence-corrected chi connectivity index (χ0v) is 14.1. The SMILES string of the molecule is CCCc1cc(=O)[nH]c(N/N=C/c2cccc(OC)c2OCC)n1. The van der Waals surface area contributed by atoms with Gasteiger partial charge < -0.3 is 9.47 Å². The number of nitrogens with zero attached hydrogens (tertiary/aromatic N) is 2. The molecule has 2 rings (SSSR count). The third-order valence-electron chi connectivity index (χ3n) is 3.19. The van der Waals surface area contributed by atoms with Gasteiger partial charge in [-0.1, -0.05) is 19.4 Å². The first-order chi connectivity index (χ1) is 11.7. The molecule has 7 heteroatoms. The molecule has 0 atom stereocenters. The predicted molar refractivity (Wildman–Crippen MR) is 94.2 cm³/mol. The Bertz CT molecular complexity index is 756. The van der Waals surface area contributed by atoms with E-state index in [0.29, 0.717) is 24.1 Å². The van der Waals surface area contributed by atoms with Gasteiger partial charge in [-0.15, -0.1) is 0 Å². The van der Waals surface area contributed by atoms with Crippen LogP contribution in [-0.2, 0) is 6.42 Å². The fourth-order valence-electron chi connectivity index (χ4n) is 2.20. The maximum absolute atomic E-state index is 11.6. The Labute approximate surface area is 140 Å². The van der Waals surface area contributed by atoms with E-state index in [9.17, 15) is 4.79 Å². The van der Waals surface area contributed by atoms with Crippen molar-refractivity contribution in [1.82, 2.24) is 9.97 Å². The van der Waals surface area contributed by atoms with Crippen LogP contribution in [0, 0.1) is 0 Å². The molecular weight excluding hydrogens is 308 g/mol. The summed E-state index contributed by atoms with van der Waals surface area (Å²) in [5, 5.41) is 4.13. The average Bonchev–Trinajstić information content (AvgIpc) is 2.56. The quantitative estimate of drug-likeness (QED) is 0.574. The van der Waals surface area contributed by atoms with E-state index in [4.69, 9.17) is 9.47 Å². The summed E-state index contributed by atoms with van der Waals surface area (Å²) in [6.45, 7) is 4.45. The van der Waals surface area contributed by atoms with Crippen molar-refractivity contribution in [3.8, 4) is 11.5 Å². The monoisotopic (exact) mass is 330 g/mol. The van der Waals surface area contributed by atoms with E-state index in [1.807, 2.05) is 32.0 Å². The summed E-state index contributed by atoms with van der Waals surface area (Å²) in [7, 11) is 1.59. The minimum absolute atomic E-state index is 0.206. The highest BCUT2D eigenvalue weighted by molar-refractivity contribution is 5.85. The molecule has 0 fully saturated rings. The van der Waals surface area contributed by atoms with Gasteiger partial charge in [-0.2, -0.15) is 5.10 Å². The summed E-state index contributed by atoms with van der Waals surface area (Å²) in [6.07, 6.45) is 3.26. The minimum atomic E-state index is -0.206. The van der Waals surface area contributed by atoms with Crippen molar-refractivity contribution in [1.29, 1.82) is 0 Å². The smallest absolute Gasteiger partial charge is 0.252 e. The highest BCUT2D eigenvalue weighted by Gasteiger charge is 2.08. The number of aryl methyl sites for hydroxylation is 1. The van der Waals surface area contributed by atoms with Crippen LogP contribution in [0.25, 0.3) is 0 Å². The summed E-state index contributed by atoms with van der Waals surface area (Å²) >= 11 is 0. The molecule has 1 aromatic heterocycles. The van der Waals surface area contributed by atoms with Crippen molar-refractivity contribution >= 4 is 12.2 Å². The number of hydrogen-bond acceptors (Lipinski definition) is 6. The lowest BCUT2D eigenvalue weighted by molar-refractivity contribution is 0.310. The Kier molecular flexibility index (Phi) is 6.36. The standard InChI is InChI=1S/C17H22N4O3/c1-4-7-13-10-15(22)20-17(19-13)21-18-11-12-8-6-9-14(23-3)16(12)24-5-2/h6,8-11H,4-5,7H2,1-3H3,(H2,19,20,21,22)/b18-11+. The molecule has 0 aliphatic rings. The second-order valence-corrected chi connectivity index (χ2v) is 5.02. The number of nitrogens with one attached hydrogen (secondary N) is 2. The number of methoxy groups -OCH3 is 1. The van der Waals surface area contributed by atoms with Gasteiger partial charge in [-0.05, 0) is 25.5 Å². The Hall–Kier alpha value is -2.83. The van der Waals surface area contributed by atoms with Crippen LogP contribution < -0.4 is 20.5 Å². The maximum atomic E-state index is 11.6. The van der Waals surface area contributed by atoms with Gasteiger partial charge in [0.15, 0.2) is 11.5 Å². The molecule has 0 unspecified atom stereocenters. The van der Waals surface area contributed by atoms with Crippen molar-refractivity contribution in [2.24, 2.45) is 5.10 Å². The number of H-pyrrole nitrogens is 1. The van der Waals surface area contributed by atoms with E-state index in [0.717, 1.165) is 24.1 Å². The molecule has 2 N–H and O–H groups in total. The maximum Gasteiger partial charge on any atom is 0.252 e. The normalized spacial score (nSPS) is 10.8. The van der Waals surface area contributed by atoms with E-state index >= 15 is 0 Å². The first-order valence-electron chi connectivity index (χ1n) is 7.87. The zero-order valence-electron chi connectivity index (χ0n) is 14.1. The number of hydrogen-bond donors (Lipinski definition) is 2. The molecule has 0 radical (unpaired) electrons.